The standard InChI is InChI=1S/C20H23N3O5S/c1-2-11-21-20(25)22-16-5-3-6-18(14-16)28-19(24)15-7-9-17(10-8-15)23-12-4-13-29(23,26)27/h3,5-10,14H,2,4,11-13H2,1H3,(H2,21,22,25). The molecule has 2 N–H and O–H groups in total. The lowest BCUT2D eigenvalue weighted by Crippen LogP contribution is -2.29. The third-order valence-electron chi connectivity index (χ3n) is 4.33. The summed E-state index contributed by atoms with van der Waals surface area (Å²) in [7, 11) is -3.27. The van der Waals surface area contributed by atoms with Crippen molar-refractivity contribution >= 4 is 33.4 Å². The summed E-state index contributed by atoms with van der Waals surface area (Å²) in [4.78, 5) is 24.1. The number of esters is 1. The summed E-state index contributed by atoms with van der Waals surface area (Å²) in [6.07, 6.45) is 1.42. The molecule has 0 aromatic heterocycles. The van der Waals surface area contributed by atoms with E-state index in [1.54, 1.807) is 36.4 Å². The maximum atomic E-state index is 12.4. The highest BCUT2D eigenvalue weighted by atomic mass is 32.2. The Hall–Kier alpha value is -3.07. The highest BCUT2D eigenvalue weighted by Gasteiger charge is 2.28. The predicted octanol–water partition coefficient (Wildman–Crippen LogP) is 2.98. The molecule has 1 fully saturated rings. The molecule has 0 unspecified atom stereocenters. The van der Waals surface area contributed by atoms with E-state index >= 15 is 0 Å². The van der Waals surface area contributed by atoms with Gasteiger partial charge in [-0.3, -0.25) is 4.31 Å². The van der Waals surface area contributed by atoms with Crippen LogP contribution in [-0.4, -0.2) is 39.3 Å². The zero-order valence-corrected chi connectivity index (χ0v) is 16.9. The first-order valence-electron chi connectivity index (χ1n) is 9.36. The van der Waals surface area contributed by atoms with E-state index < -0.39 is 16.0 Å². The van der Waals surface area contributed by atoms with Crippen LogP contribution in [0.3, 0.4) is 0 Å². The van der Waals surface area contributed by atoms with E-state index in [0.29, 0.717) is 36.4 Å². The van der Waals surface area contributed by atoms with E-state index in [9.17, 15) is 18.0 Å². The van der Waals surface area contributed by atoms with Gasteiger partial charge in [-0.2, -0.15) is 0 Å². The number of rotatable bonds is 6. The molecular weight excluding hydrogens is 394 g/mol. The predicted molar refractivity (Wildman–Crippen MR) is 111 cm³/mol. The average Bonchev–Trinajstić information content (AvgIpc) is 3.05. The summed E-state index contributed by atoms with van der Waals surface area (Å²) in [5.41, 5.74) is 1.33. The Labute approximate surface area is 169 Å². The van der Waals surface area contributed by atoms with Gasteiger partial charge in [-0.25, -0.2) is 18.0 Å². The lowest BCUT2D eigenvalue weighted by molar-refractivity contribution is 0.0735. The van der Waals surface area contributed by atoms with E-state index in [4.69, 9.17) is 4.74 Å². The van der Waals surface area contributed by atoms with Crippen LogP contribution in [0.5, 0.6) is 5.75 Å². The van der Waals surface area contributed by atoms with Crippen LogP contribution in [0.4, 0.5) is 16.2 Å². The second kappa shape index (κ2) is 8.95. The quantitative estimate of drug-likeness (QED) is 0.555. The monoisotopic (exact) mass is 417 g/mol. The number of carbonyl (C=O) groups is 2. The molecule has 0 radical (unpaired) electrons. The van der Waals surface area contributed by atoms with Gasteiger partial charge in [-0.15, -0.1) is 0 Å². The highest BCUT2D eigenvalue weighted by molar-refractivity contribution is 7.93. The van der Waals surface area contributed by atoms with Gasteiger partial charge >= 0.3 is 12.0 Å². The maximum Gasteiger partial charge on any atom is 0.343 e. The summed E-state index contributed by atoms with van der Waals surface area (Å²) < 4.78 is 30.7. The Morgan fingerprint density at radius 1 is 1.14 bits per heavy atom. The van der Waals surface area contributed by atoms with Gasteiger partial charge in [0.25, 0.3) is 0 Å². The fraction of sp³-hybridized carbons (Fsp3) is 0.300. The minimum absolute atomic E-state index is 0.137. The van der Waals surface area contributed by atoms with Gasteiger partial charge < -0.3 is 15.4 Å². The smallest absolute Gasteiger partial charge is 0.343 e. The number of ether oxygens (including phenoxy) is 1. The Bertz CT molecular complexity index is 989. The molecule has 1 aliphatic rings. The Balaban J connectivity index is 1.64. The zero-order chi connectivity index (χ0) is 20.9. The summed E-state index contributed by atoms with van der Waals surface area (Å²) in [6.45, 7) is 2.96. The third-order valence-corrected chi connectivity index (χ3v) is 6.20. The highest BCUT2D eigenvalue weighted by Crippen LogP contribution is 2.25. The normalized spacial score (nSPS) is 15.0. The van der Waals surface area contributed by atoms with Crippen molar-refractivity contribution in [3.63, 3.8) is 0 Å². The van der Waals surface area contributed by atoms with Crippen LogP contribution in [0.15, 0.2) is 48.5 Å². The summed E-state index contributed by atoms with van der Waals surface area (Å²) in [5, 5.41) is 5.37. The lowest BCUT2D eigenvalue weighted by Gasteiger charge is -2.16. The molecule has 2 amide bonds. The van der Waals surface area contributed by atoms with E-state index in [-0.39, 0.29) is 17.5 Å². The molecule has 0 aliphatic carbocycles. The first-order valence-corrected chi connectivity index (χ1v) is 11.0. The van der Waals surface area contributed by atoms with Crippen molar-refractivity contribution in [3.05, 3.63) is 54.1 Å². The summed E-state index contributed by atoms with van der Waals surface area (Å²) >= 11 is 0. The van der Waals surface area contributed by atoms with Crippen molar-refractivity contribution in [1.82, 2.24) is 5.32 Å². The zero-order valence-electron chi connectivity index (χ0n) is 16.1. The number of anilines is 2. The van der Waals surface area contributed by atoms with Crippen LogP contribution in [0.25, 0.3) is 0 Å². The Morgan fingerprint density at radius 2 is 1.90 bits per heavy atom. The number of sulfonamides is 1. The van der Waals surface area contributed by atoms with Crippen LogP contribution >= 0.6 is 0 Å². The van der Waals surface area contributed by atoms with Crippen molar-refractivity contribution in [2.45, 2.75) is 19.8 Å². The number of hydrogen-bond acceptors (Lipinski definition) is 5. The number of carbonyl (C=O) groups excluding carboxylic acids is 2. The Kier molecular flexibility index (Phi) is 6.38. The number of hydrogen-bond donors (Lipinski definition) is 2. The molecule has 1 aliphatic heterocycles. The van der Waals surface area contributed by atoms with Gasteiger partial charge in [0, 0.05) is 24.8 Å². The second-order valence-electron chi connectivity index (χ2n) is 6.59. The molecule has 29 heavy (non-hydrogen) atoms. The fourth-order valence-corrected chi connectivity index (χ4v) is 4.47. The summed E-state index contributed by atoms with van der Waals surface area (Å²) in [5.74, 6) is -0.152. The molecule has 0 atom stereocenters. The Morgan fingerprint density at radius 3 is 2.55 bits per heavy atom. The van der Waals surface area contributed by atoms with Gasteiger partial charge in [0.1, 0.15) is 5.75 Å². The van der Waals surface area contributed by atoms with Gasteiger partial charge in [0.15, 0.2) is 0 Å². The maximum absolute atomic E-state index is 12.4. The van der Waals surface area contributed by atoms with Crippen molar-refractivity contribution in [3.8, 4) is 5.75 Å². The number of amides is 2. The molecule has 2 aromatic rings. The van der Waals surface area contributed by atoms with Gasteiger partial charge in [-0.1, -0.05) is 13.0 Å². The fourth-order valence-electron chi connectivity index (χ4n) is 2.91. The molecule has 0 spiro atoms. The number of benzene rings is 2. The molecule has 1 saturated heterocycles. The van der Waals surface area contributed by atoms with E-state index in [0.717, 1.165) is 6.42 Å². The molecule has 3 rings (SSSR count). The summed E-state index contributed by atoms with van der Waals surface area (Å²) in [6, 6.07) is 12.4. The molecule has 154 valence electrons. The van der Waals surface area contributed by atoms with Crippen LogP contribution in [0, 0.1) is 0 Å². The topological polar surface area (TPSA) is 105 Å². The van der Waals surface area contributed by atoms with E-state index in [2.05, 4.69) is 10.6 Å². The minimum Gasteiger partial charge on any atom is -0.423 e. The lowest BCUT2D eigenvalue weighted by atomic mass is 10.2. The van der Waals surface area contributed by atoms with E-state index in [1.807, 2.05) is 6.92 Å². The van der Waals surface area contributed by atoms with Gasteiger partial charge in [0.2, 0.25) is 10.0 Å². The first-order chi connectivity index (χ1) is 13.9. The minimum atomic E-state index is -3.27. The second-order valence-corrected chi connectivity index (χ2v) is 8.60. The van der Waals surface area contributed by atoms with Crippen LogP contribution < -0.4 is 19.7 Å². The first kappa shape index (κ1) is 20.7. The van der Waals surface area contributed by atoms with Crippen LogP contribution in [-0.2, 0) is 10.0 Å². The average molecular weight is 417 g/mol. The van der Waals surface area contributed by atoms with Crippen molar-refractivity contribution in [2.24, 2.45) is 0 Å². The molecular formula is C20H23N3O5S. The van der Waals surface area contributed by atoms with E-state index in [1.165, 1.54) is 16.4 Å². The van der Waals surface area contributed by atoms with Gasteiger partial charge in [0.05, 0.1) is 17.0 Å². The number of urea groups is 1. The molecule has 2 aromatic carbocycles. The van der Waals surface area contributed by atoms with Crippen molar-refractivity contribution in [2.75, 3.05) is 28.5 Å². The molecule has 0 saturated carbocycles. The van der Waals surface area contributed by atoms with Gasteiger partial charge in [-0.05, 0) is 49.2 Å². The SMILES string of the molecule is CCCNC(=O)Nc1cccc(OC(=O)c2ccc(N3CCCS3(=O)=O)cc2)c1. The largest absolute Gasteiger partial charge is 0.423 e. The van der Waals surface area contributed by atoms with Crippen LogP contribution in [0.2, 0.25) is 0 Å². The molecule has 0 bridgehead atoms. The van der Waals surface area contributed by atoms with Crippen molar-refractivity contribution in [1.29, 1.82) is 0 Å². The third kappa shape index (κ3) is 5.26. The van der Waals surface area contributed by atoms with Crippen LogP contribution in [0.1, 0.15) is 30.1 Å². The molecule has 8 nitrogen and oxygen atoms in total. The number of nitrogens with one attached hydrogen (secondary N) is 2. The molecule has 9 heteroatoms. The molecule has 1 heterocycles. The number of nitrogens with zero attached hydrogens (tertiary/aromatic N) is 1. The van der Waals surface area contributed by atoms with Crippen molar-refractivity contribution < 1.29 is 22.7 Å².